The van der Waals surface area contributed by atoms with Crippen molar-refractivity contribution in [3.05, 3.63) is 87.4 Å². The lowest BCUT2D eigenvalue weighted by atomic mass is 10.1. The number of carbonyl (C=O) groups is 3. The van der Waals surface area contributed by atoms with Gasteiger partial charge in [-0.05, 0) is 43.8 Å². The molecule has 32 heavy (non-hydrogen) atoms. The molecule has 0 spiro atoms. The Morgan fingerprint density at radius 1 is 1.09 bits per heavy atom. The van der Waals surface area contributed by atoms with E-state index in [-0.39, 0.29) is 24.8 Å². The molecule has 0 aliphatic carbocycles. The van der Waals surface area contributed by atoms with Crippen molar-refractivity contribution in [1.82, 2.24) is 9.47 Å². The molecule has 1 amide bonds. The third-order valence-corrected chi connectivity index (χ3v) is 6.66. The maximum atomic E-state index is 12.7. The molecule has 3 aromatic rings. The summed E-state index contributed by atoms with van der Waals surface area (Å²) in [6, 6.07) is 13.0. The molecular weight excluding hydrogens is 424 g/mol. The van der Waals surface area contributed by atoms with Crippen molar-refractivity contribution in [2.75, 3.05) is 13.2 Å². The normalized spacial score (nSPS) is 12.9. The number of esters is 1. The molecule has 0 atom stereocenters. The van der Waals surface area contributed by atoms with E-state index in [4.69, 9.17) is 4.74 Å². The minimum absolute atomic E-state index is 0.260. The number of benzene rings is 1. The zero-order valence-electron chi connectivity index (χ0n) is 18.1. The summed E-state index contributed by atoms with van der Waals surface area (Å²) < 4.78 is 7.32. The maximum Gasteiger partial charge on any atom is 0.326 e. The van der Waals surface area contributed by atoms with E-state index in [9.17, 15) is 14.4 Å². The van der Waals surface area contributed by atoms with Gasteiger partial charge in [-0.15, -0.1) is 11.3 Å². The van der Waals surface area contributed by atoms with E-state index in [0.717, 1.165) is 24.4 Å². The summed E-state index contributed by atoms with van der Waals surface area (Å²) in [6.07, 6.45) is 0.896. The molecule has 3 heterocycles. The minimum Gasteiger partial charge on any atom is -0.456 e. The van der Waals surface area contributed by atoms with Crippen molar-refractivity contribution in [2.24, 2.45) is 0 Å². The van der Waals surface area contributed by atoms with Gasteiger partial charge in [0.15, 0.2) is 6.61 Å². The van der Waals surface area contributed by atoms with Gasteiger partial charge in [-0.2, -0.15) is 0 Å². The van der Waals surface area contributed by atoms with Crippen LogP contribution in [-0.4, -0.2) is 40.3 Å². The fourth-order valence-electron chi connectivity index (χ4n) is 4.00. The highest BCUT2D eigenvalue weighted by Gasteiger charge is 2.32. The Labute approximate surface area is 190 Å². The van der Waals surface area contributed by atoms with Crippen LogP contribution in [0.15, 0.2) is 54.4 Å². The van der Waals surface area contributed by atoms with Crippen LogP contribution in [-0.2, 0) is 22.5 Å². The molecule has 0 fully saturated rings. The highest BCUT2D eigenvalue weighted by Crippen LogP contribution is 2.30. The number of aryl methyl sites for hydroxylation is 2. The van der Waals surface area contributed by atoms with Crippen LogP contribution in [0.1, 0.15) is 42.5 Å². The quantitative estimate of drug-likeness (QED) is 0.381. The molecule has 0 radical (unpaired) electrons. The van der Waals surface area contributed by atoms with Gasteiger partial charge < -0.3 is 9.30 Å². The first-order chi connectivity index (χ1) is 15.4. The van der Waals surface area contributed by atoms with Crippen LogP contribution < -0.4 is 0 Å². The number of ether oxygens (including phenoxy) is 1. The number of carbonyl (C=O) groups excluding carboxylic acids is 3. The van der Waals surface area contributed by atoms with Crippen LogP contribution in [0.5, 0.6) is 0 Å². The molecule has 1 aliphatic heterocycles. The van der Waals surface area contributed by atoms with Crippen molar-refractivity contribution in [3.63, 3.8) is 0 Å². The Hall–Kier alpha value is -3.45. The first-order valence-electron chi connectivity index (χ1n) is 10.3. The third kappa shape index (κ3) is 4.16. The van der Waals surface area contributed by atoms with E-state index in [1.54, 1.807) is 29.5 Å². The van der Waals surface area contributed by atoms with Crippen LogP contribution in [0.2, 0.25) is 0 Å². The average Bonchev–Trinajstić information content (AvgIpc) is 3.46. The fraction of sp³-hybridized carbons (Fsp3) is 0.240. The molecule has 4 rings (SSSR count). The van der Waals surface area contributed by atoms with Gasteiger partial charge >= 0.3 is 5.97 Å². The number of rotatable bonds is 8. The van der Waals surface area contributed by atoms with Crippen molar-refractivity contribution in [1.29, 1.82) is 0 Å². The number of fused-ring (bicyclic) bond motifs is 1. The molecule has 0 saturated heterocycles. The summed E-state index contributed by atoms with van der Waals surface area (Å²) in [5.41, 5.74) is 4.08. The lowest BCUT2D eigenvalue weighted by molar-refractivity contribution is -0.142. The Morgan fingerprint density at radius 3 is 2.53 bits per heavy atom. The fourth-order valence-corrected chi connectivity index (χ4v) is 4.70. The number of ketones is 1. The SMILES string of the molecule is C=C1c2ccccc2C(=O)N1CC(=O)OCC(=O)c1cc(C)n(CCc2cccs2)c1C. The monoisotopic (exact) mass is 448 g/mol. The number of amides is 1. The smallest absolute Gasteiger partial charge is 0.326 e. The molecule has 2 aromatic heterocycles. The number of aromatic nitrogens is 1. The Kier molecular flexibility index (Phi) is 6.10. The number of thiophene rings is 1. The molecule has 1 aliphatic rings. The lowest BCUT2D eigenvalue weighted by Gasteiger charge is -2.16. The summed E-state index contributed by atoms with van der Waals surface area (Å²) in [5, 5.41) is 2.05. The molecule has 0 saturated carbocycles. The van der Waals surface area contributed by atoms with E-state index in [1.165, 1.54) is 9.78 Å². The van der Waals surface area contributed by atoms with Gasteiger partial charge in [-0.1, -0.05) is 30.8 Å². The maximum absolute atomic E-state index is 12.7. The summed E-state index contributed by atoms with van der Waals surface area (Å²) in [7, 11) is 0. The largest absolute Gasteiger partial charge is 0.456 e. The number of hydrogen-bond donors (Lipinski definition) is 0. The number of Topliss-reactive ketones (excluding diaryl/α,β-unsaturated/α-hetero) is 1. The van der Waals surface area contributed by atoms with Crippen molar-refractivity contribution < 1.29 is 19.1 Å². The summed E-state index contributed by atoms with van der Waals surface area (Å²) in [4.78, 5) is 40.2. The van der Waals surface area contributed by atoms with Gasteiger partial charge in [0.25, 0.3) is 5.91 Å². The van der Waals surface area contributed by atoms with E-state index in [1.807, 2.05) is 32.0 Å². The predicted octanol–water partition coefficient (Wildman–Crippen LogP) is 4.26. The van der Waals surface area contributed by atoms with Crippen molar-refractivity contribution >= 4 is 34.7 Å². The van der Waals surface area contributed by atoms with E-state index >= 15 is 0 Å². The molecule has 0 bridgehead atoms. The van der Waals surface area contributed by atoms with Crippen LogP contribution in [0.4, 0.5) is 0 Å². The van der Waals surface area contributed by atoms with Crippen molar-refractivity contribution in [3.8, 4) is 0 Å². The molecule has 0 N–H and O–H groups in total. The van der Waals surface area contributed by atoms with E-state index in [2.05, 4.69) is 22.6 Å². The molecule has 7 heteroatoms. The van der Waals surface area contributed by atoms with E-state index in [0.29, 0.717) is 22.4 Å². The topological polar surface area (TPSA) is 68.6 Å². The van der Waals surface area contributed by atoms with Gasteiger partial charge in [0, 0.05) is 45.2 Å². The number of hydrogen-bond acceptors (Lipinski definition) is 5. The molecule has 6 nitrogen and oxygen atoms in total. The molecule has 1 aromatic carbocycles. The Morgan fingerprint density at radius 2 is 1.84 bits per heavy atom. The third-order valence-electron chi connectivity index (χ3n) is 5.73. The Bertz CT molecular complexity index is 1170. The second kappa shape index (κ2) is 8.96. The van der Waals surface area contributed by atoms with Gasteiger partial charge in [0.05, 0.1) is 0 Å². The van der Waals surface area contributed by atoms with Crippen LogP contribution >= 0.6 is 11.3 Å². The zero-order valence-corrected chi connectivity index (χ0v) is 18.9. The molecule has 164 valence electrons. The van der Waals surface area contributed by atoms with E-state index < -0.39 is 5.97 Å². The zero-order chi connectivity index (χ0) is 22.8. The summed E-state index contributed by atoms with van der Waals surface area (Å²) >= 11 is 1.72. The first kappa shape index (κ1) is 21.8. The molecule has 0 unspecified atom stereocenters. The molecular formula is C25H24N2O4S. The predicted molar refractivity (Wildman–Crippen MR) is 124 cm³/mol. The Balaban J connectivity index is 1.35. The number of nitrogens with zero attached hydrogens (tertiary/aromatic N) is 2. The van der Waals surface area contributed by atoms with Gasteiger partial charge in [0.1, 0.15) is 6.54 Å². The summed E-state index contributed by atoms with van der Waals surface area (Å²) in [6.45, 7) is 7.92. The summed E-state index contributed by atoms with van der Waals surface area (Å²) in [5.74, 6) is -1.20. The van der Waals surface area contributed by atoms with Crippen LogP contribution in [0.25, 0.3) is 5.70 Å². The highest BCUT2D eigenvalue weighted by molar-refractivity contribution is 7.09. The minimum atomic E-state index is -0.646. The van der Waals surface area contributed by atoms with Crippen molar-refractivity contribution in [2.45, 2.75) is 26.8 Å². The van der Waals surface area contributed by atoms with Gasteiger partial charge in [0.2, 0.25) is 5.78 Å². The standard InChI is InChI=1S/C25H24N2O4S/c1-16-13-22(18(3)26(16)11-10-19-7-6-12-32-19)23(28)15-31-24(29)14-27-17(2)20-8-4-5-9-21(20)25(27)30/h4-9,12-13H,2,10-11,14-15H2,1,3H3. The van der Waals surface area contributed by atoms with Gasteiger partial charge in [-0.25, -0.2) is 0 Å². The van der Waals surface area contributed by atoms with Crippen LogP contribution in [0, 0.1) is 13.8 Å². The van der Waals surface area contributed by atoms with Gasteiger partial charge in [-0.3, -0.25) is 19.3 Å². The second-order valence-corrected chi connectivity index (χ2v) is 8.77. The first-order valence-corrected chi connectivity index (χ1v) is 11.2. The lowest BCUT2D eigenvalue weighted by Crippen LogP contribution is -2.31. The highest BCUT2D eigenvalue weighted by atomic mass is 32.1. The van der Waals surface area contributed by atoms with Crippen LogP contribution in [0.3, 0.4) is 0 Å². The second-order valence-electron chi connectivity index (χ2n) is 7.73. The average molecular weight is 449 g/mol.